The minimum Gasteiger partial charge on any atom is -0.359 e. The van der Waals surface area contributed by atoms with Gasteiger partial charge in [0.15, 0.2) is 0 Å². The molecule has 1 aliphatic heterocycles. The van der Waals surface area contributed by atoms with Crippen LogP contribution in [0.25, 0.3) is 0 Å². The Balaban J connectivity index is 2.34. The smallest absolute Gasteiger partial charge is 0.221 e. The highest BCUT2D eigenvalue weighted by Crippen LogP contribution is 2.16. The van der Waals surface area contributed by atoms with Crippen LogP contribution in [-0.4, -0.2) is 37.0 Å². The first-order valence-corrected chi connectivity index (χ1v) is 5.12. The molecule has 0 aromatic carbocycles. The zero-order chi connectivity index (χ0) is 10.4. The van der Waals surface area contributed by atoms with Gasteiger partial charge in [-0.05, 0) is 25.8 Å². The minimum absolute atomic E-state index is 0.0217. The molecule has 0 aromatic rings. The van der Waals surface area contributed by atoms with E-state index in [0.717, 1.165) is 25.8 Å². The van der Waals surface area contributed by atoms with Crippen LogP contribution in [0, 0.1) is 11.3 Å². The van der Waals surface area contributed by atoms with Crippen LogP contribution in [-0.2, 0) is 4.79 Å². The molecule has 1 heterocycles. The maximum Gasteiger partial charge on any atom is 0.221 e. The SMILES string of the molecule is CNC(=O)CCN1CCCCC1C#N. The van der Waals surface area contributed by atoms with Gasteiger partial charge in [-0.1, -0.05) is 0 Å². The molecular weight excluding hydrogens is 178 g/mol. The fourth-order valence-corrected chi connectivity index (χ4v) is 1.77. The monoisotopic (exact) mass is 195 g/mol. The molecule has 0 bridgehead atoms. The first-order chi connectivity index (χ1) is 6.77. The van der Waals surface area contributed by atoms with Gasteiger partial charge in [0, 0.05) is 20.0 Å². The molecule has 14 heavy (non-hydrogen) atoms. The second kappa shape index (κ2) is 5.61. The van der Waals surface area contributed by atoms with Crippen molar-refractivity contribution in [2.75, 3.05) is 20.1 Å². The summed E-state index contributed by atoms with van der Waals surface area (Å²) in [5, 5.41) is 11.5. The largest absolute Gasteiger partial charge is 0.359 e. The standard InChI is InChI=1S/C10H17N3O/c1-12-10(14)5-7-13-6-3-2-4-9(13)8-11/h9H,2-7H2,1H3,(H,12,14). The van der Waals surface area contributed by atoms with E-state index in [1.54, 1.807) is 7.05 Å². The molecule has 4 heteroatoms. The summed E-state index contributed by atoms with van der Waals surface area (Å²) in [5.41, 5.74) is 0. The van der Waals surface area contributed by atoms with E-state index < -0.39 is 0 Å². The molecule has 1 rings (SSSR count). The number of likely N-dealkylation sites (tertiary alicyclic amines) is 1. The Morgan fingerprint density at radius 1 is 1.64 bits per heavy atom. The number of hydrogen-bond acceptors (Lipinski definition) is 3. The zero-order valence-corrected chi connectivity index (χ0v) is 8.62. The van der Waals surface area contributed by atoms with Crippen molar-refractivity contribution < 1.29 is 4.79 Å². The number of nitrogens with zero attached hydrogens (tertiary/aromatic N) is 2. The molecule has 1 fully saturated rings. The van der Waals surface area contributed by atoms with E-state index >= 15 is 0 Å². The number of carbonyl (C=O) groups is 1. The predicted octanol–water partition coefficient (Wildman–Crippen LogP) is 0.501. The Hall–Kier alpha value is -1.08. The Morgan fingerprint density at radius 3 is 3.07 bits per heavy atom. The van der Waals surface area contributed by atoms with E-state index in [9.17, 15) is 4.79 Å². The van der Waals surface area contributed by atoms with Gasteiger partial charge in [-0.2, -0.15) is 5.26 Å². The van der Waals surface area contributed by atoms with Crippen molar-refractivity contribution in [2.24, 2.45) is 0 Å². The number of rotatable bonds is 3. The lowest BCUT2D eigenvalue weighted by molar-refractivity contribution is -0.121. The molecule has 1 aliphatic rings. The highest BCUT2D eigenvalue weighted by atomic mass is 16.1. The normalized spacial score (nSPS) is 22.7. The van der Waals surface area contributed by atoms with Gasteiger partial charge in [0.25, 0.3) is 0 Å². The van der Waals surface area contributed by atoms with Crippen molar-refractivity contribution in [3.8, 4) is 6.07 Å². The van der Waals surface area contributed by atoms with Gasteiger partial charge >= 0.3 is 0 Å². The molecule has 0 spiro atoms. The first kappa shape index (κ1) is 11.0. The molecule has 0 aromatic heterocycles. The summed E-state index contributed by atoms with van der Waals surface area (Å²) in [6.45, 7) is 1.66. The fraction of sp³-hybridized carbons (Fsp3) is 0.800. The molecule has 4 nitrogen and oxygen atoms in total. The van der Waals surface area contributed by atoms with Gasteiger partial charge in [0.05, 0.1) is 12.1 Å². The predicted molar refractivity (Wildman–Crippen MR) is 53.5 cm³/mol. The fourth-order valence-electron chi connectivity index (χ4n) is 1.77. The molecule has 78 valence electrons. The third-order valence-electron chi connectivity index (χ3n) is 2.67. The molecule has 0 saturated carbocycles. The van der Waals surface area contributed by atoms with E-state index in [2.05, 4.69) is 16.3 Å². The van der Waals surface area contributed by atoms with Crippen molar-refractivity contribution >= 4 is 5.91 Å². The summed E-state index contributed by atoms with van der Waals surface area (Å²) in [6.07, 6.45) is 3.72. The second-order valence-corrected chi connectivity index (χ2v) is 3.60. The highest BCUT2D eigenvalue weighted by Gasteiger charge is 2.21. The quantitative estimate of drug-likeness (QED) is 0.713. The molecule has 0 aliphatic carbocycles. The molecule has 1 amide bonds. The third-order valence-corrected chi connectivity index (χ3v) is 2.67. The summed E-state index contributed by atoms with van der Waals surface area (Å²) < 4.78 is 0. The van der Waals surface area contributed by atoms with Crippen molar-refractivity contribution in [3.63, 3.8) is 0 Å². The van der Waals surface area contributed by atoms with Crippen molar-refractivity contribution in [2.45, 2.75) is 31.7 Å². The van der Waals surface area contributed by atoms with Gasteiger partial charge < -0.3 is 5.32 Å². The summed E-state index contributed by atoms with van der Waals surface area (Å²) in [6, 6.07) is 2.31. The lowest BCUT2D eigenvalue weighted by Gasteiger charge is -2.30. The topological polar surface area (TPSA) is 56.1 Å². The Morgan fingerprint density at radius 2 is 2.43 bits per heavy atom. The van der Waals surface area contributed by atoms with Crippen molar-refractivity contribution in [1.82, 2.24) is 10.2 Å². The van der Waals surface area contributed by atoms with Crippen LogP contribution < -0.4 is 5.32 Å². The average molecular weight is 195 g/mol. The van der Waals surface area contributed by atoms with Gasteiger partial charge in [-0.15, -0.1) is 0 Å². The van der Waals surface area contributed by atoms with Crippen molar-refractivity contribution in [1.29, 1.82) is 5.26 Å². The van der Waals surface area contributed by atoms with E-state index in [0.29, 0.717) is 13.0 Å². The maximum atomic E-state index is 11.0. The van der Waals surface area contributed by atoms with Crippen LogP contribution in [0.4, 0.5) is 0 Å². The maximum absolute atomic E-state index is 11.0. The van der Waals surface area contributed by atoms with Crippen LogP contribution in [0.5, 0.6) is 0 Å². The zero-order valence-electron chi connectivity index (χ0n) is 8.62. The van der Waals surface area contributed by atoms with Gasteiger partial charge in [-0.3, -0.25) is 9.69 Å². The summed E-state index contributed by atoms with van der Waals surface area (Å²) in [5.74, 6) is 0.0484. The lowest BCUT2D eigenvalue weighted by Crippen LogP contribution is -2.40. The molecule has 1 saturated heterocycles. The Labute approximate surface area is 84.9 Å². The number of nitrogens with one attached hydrogen (secondary N) is 1. The summed E-state index contributed by atoms with van der Waals surface area (Å²) in [7, 11) is 1.64. The van der Waals surface area contributed by atoms with Crippen LogP contribution >= 0.6 is 0 Å². The Bertz CT molecular complexity index is 234. The van der Waals surface area contributed by atoms with Crippen LogP contribution in [0.3, 0.4) is 0 Å². The van der Waals surface area contributed by atoms with Gasteiger partial charge in [0.1, 0.15) is 0 Å². The van der Waals surface area contributed by atoms with E-state index in [1.807, 2.05) is 0 Å². The van der Waals surface area contributed by atoms with Gasteiger partial charge in [0.2, 0.25) is 5.91 Å². The first-order valence-electron chi connectivity index (χ1n) is 5.12. The van der Waals surface area contributed by atoms with Crippen LogP contribution in [0.15, 0.2) is 0 Å². The number of carbonyl (C=O) groups excluding carboxylic acids is 1. The molecule has 1 unspecified atom stereocenters. The number of amides is 1. The third kappa shape index (κ3) is 3.00. The molecular formula is C10H17N3O. The molecule has 1 atom stereocenters. The summed E-state index contributed by atoms with van der Waals surface area (Å²) in [4.78, 5) is 13.1. The lowest BCUT2D eigenvalue weighted by atomic mass is 10.0. The highest BCUT2D eigenvalue weighted by molar-refractivity contribution is 5.75. The number of piperidine rings is 1. The average Bonchev–Trinajstić information content (AvgIpc) is 2.26. The number of nitriles is 1. The van der Waals surface area contributed by atoms with Crippen LogP contribution in [0.2, 0.25) is 0 Å². The summed E-state index contributed by atoms with van der Waals surface area (Å²) >= 11 is 0. The Kier molecular flexibility index (Phi) is 4.41. The van der Waals surface area contributed by atoms with Crippen LogP contribution in [0.1, 0.15) is 25.7 Å². The molecule has 0 radical (unpaired) electrons. The molecule has 1 N–H and O–H groups in total. The van der Waals surface area contributed by atoms with Gasteiger partial charge in [-0.25, -0.2) is 0 Å². The van der Waals surface area contributed by atoms with E-state index in [-0.39, 0.29) is 11.9 Å². The second-order valence-electron chi connectivity index (χ2n) is 3.60. The number of hydrogen-bond donors (Lipinski definition) is 1. The van der Waals surface area contributed by atoms with E-state index in [1.165, 1.54) is 0 Å². The van der Waals surface area contributed by atoms with E-state index in [4.69, 9.17) is 5.26 Å². The minimum atomic E-state index is 0.0217. The van der Waals surface area contributed by atoms with Crippen molar-refractivity contribution in [3.05, 3.63) is 0 Å².